The van der Waals surface area contributed by atoms with Crippen LogP contribution in [-0.2, 0) is 16.0 Å². The number of aliphatic imine (C=N–C) groups is 1. The number of ether oxygens (including phenoxy) is 2. The van der Waals surface area contributed by atoms with Gasteiger partial charge in [-0.15, -0.1) is 0 Å². The molecule has 7 heteroatoms. The Morgan fingerprint density at radius 1 is 0.837 bits per heavy atom. The van der Waals surface area contributed by atoms with Crippen molar-refractivity contribution in [2.75, 3.05) is 19.8 Å². The summed E-state index contributed by atoms with van der Waals surface area (Å²) in [6, 6.07) is 42.0. The second kappa shape index (κ2) is 16.0. The van der Waals surface area contributed by atoms with Crippen molar-refractivity contribution < 1.29 is 23.8 Å². The molecule has 1 aliphatic rings. The number of carbonyl (C=O) groups excluding carboxylic acids is 1. The van der Waals surface area contributed by atoms with Gasteiger partial charge in [-0.2, -0.15) is 0 Å². The Labute approximate surface area is 286 Å². The highest BCUT2D eigenvalue weighted by molar-refractivity contribution is 6.01. The Bertz CT molecular complexity index is 1880. The average Bonchev–Trinajstić information content (AvgIpc) is 3.54. The molecule has 0 aliphatic carbocycles. The third-order valence-corrected chi connectivity index (χ3v) is 8.53. The molecule has 2 atom stereocenters. The number of amides is 1. The predicted molar refractivity (Wildman–Crippen MR) is 192 cm³/mol. The van der Waals surface area contributed by atoms with Crippen molar-refractivity contribution in [1.29, 1.82) is 0 Å². The summed E-state index contributed by atoms with van der Waals surface area (Å²) in [5, 5.41) is 12.2. The SMILES string of the molecule is O=C(NCCc1ccccc1F)[C@]1(C/C=C/c2ccccc2)N=C(c2ccc(OCCCO)cc2)O[C@@H]1c1ccc(-c2ccccc2)cc1. The minimum Gasteiger partial charge on any atom is -0.494 e. The lowest BCUT2D eigenvalue weighted by Crippen LogP contribution is -2.48. The number of benzene rings is 5. The summed E-state index contributed by atoms with van der Waals surface area (Å²) < 4.78 is 26.8. The molecule has 1 amide bonds. The van der Waals surface area contributed by atoms with E-state index in [0.717, 1.165) is 22.3 Å². The molecular formula is C42H39FN2O4. The van der Waals surface area contributed by atoms with Crippen LogP contribution >= 0.6 is 0 Å². The quantitative estimate of drug-likeness (QED) is 0.119. The first-order valence-corrected chi connectivity index (χ1v) is 16.5. The van der Waals surface area contributed by atoms with Gasteiger partial charge in [0.25, 0.3) is 5.91 Å². The van der Waals surface area contributed by atoms with Crippen LogP contribution in [-0.4, -0.2) is 42.2 Å². The number of aliphatic hydroxyl groups is 1. The van der Waals surface area contributed by atoms with E-state index in [0.29, 0.717) is 42.2 Å². The van der Waals surface area contributed by atoms with Gasteiger partial charge in [-0.3, -0.25) is 4.79 Å². The van der Waals surface area contributed by atoms with E-state index >= 15 is 0 Å². The zero-order chi connectivity index (χ0) is 33.9. The number of nitrogens with one attached hydrogen (secondary N) is 1. The molecule has 248 valence electrons. The summed E-state index contributed by atoms with van der Waals surface area (Å²) in [4.78, 5) is 19.6. The smallest absolute Gasteiger partial charge is 0.252 e. The largest absolute Gasteiger partial charge is 0.494 e. The summed E-state index contributed by atoms with van der Waals surface area (Å²) in [6.07, 6.45) is 4.32. The van der Waals surface area contributed by atoms with Crippen LogP contribution < -0.4 is 10.1 Å². The van der Waals surface area contributed by atoms with E-state index < -0.39 is 11.6 Å². The maximum absolute atomic E-state index is 14.5. The summed E-state index contributed by atoms with van der Waals surface area (Å²) in [5.41, 5.74) is 3.81. The first-order valence-electron chi connectivity index (χ1n) is 16.5. The lowest BCUT2D eigenvalue weighted by atomic mass is 9.83. The van der Waals surface area contributed by atoms with Crippen LogP contribution in [0, 0.1) is 5.82 Å². The van der Waals surface area contributed by atoms with E-state index in [1.165, 1.54) is 6.07 Å². The van der Waals surface area contributed by atoms with Gasteiger partial charge in [-0.1, -0.05) is 115 Å². The second-order valence-electron chi connectivity index (χ2n) is 11.9. The molecule has 6 rings (SSSR count). The minimum absolute atomic E-state index is 0.0552. The van der Waals surface area contributed by atoms with Crippen molar-refractivity contribution in [3.05, 3.63) is 168 Å². The van der Waals surface area contributed by atoms with Crippen molar-refractivity contribution in [2.24, 2.45) is 4.99 Å². The molecule has 6 nitrogen and oxygen atoms in total. The number of rotatable bonds is 14. The fraction of sp³-hybridized carbons (Fsp3) is 0.190. The van der Waals surface area contributed by atoms with Crippen LogP contribution in [0.2, 0.25) is 0 Å². The fourth-order valence-corrected chi connectivity index (χ4v) is 5.90. The average molecular weight is 655 g/mol. The Morgan fingerprint density at radius 2 is 1.49 bits per heavy atom. The number of halogens is 1. The van der Waals surface area contributed by atoms with E-state index in [1.807, 2.05) is 109 Å². The Kier molecular flexibility index (Phi) is 10.9. The zero-order valence-electron chi connectivity index (χ0n) is 27.2. The maximum Gasteiger partial charge on any atom is 0.252 e. The molecule has 0 aromatic heterocycles. The third-order valence-electron chi connectivity index (χ3n) is 8.53. The van der Waals surface area contributed by atoms with E-state index in [2.05, 4.69) is 17.4 Å². The Hall–Kier alpha value is -5.53. The highest BCUT2D eigenvalue weighted by Crippen LogP contribution is 2.43. The standard InChI is InChI=1S/C42H39FN2O4/c43-38-17-8-7-16-34(38)26-28-44-41(47)42(27-9-13-31-11-3-1-4-12-31)39(35-20-18-33(19-21-35)32-14-5-2-6-15-32)49-40(45-42)36-22-24-37(25-23-36)48-30-10-29-46/h1-9,11-25,39,46H,10,26-30H2,(H,44,47)/b13-9+/t39-,42-/m1/s1. The highest BCUT2D eigenvalue weighted by Gasteiger charge is 2.52. The van der Waals surface area contributed by atoms with Crippen LogP contribution in [0.4, 0.5) is 4.39 Å². The van der Waals surface area contributed by atoms with E-state index in [-0.39, 0.29) is 31.3 Å². The van der Waals surface area contributed by atoms with Gasteiger partial charge in [0.1, 0.15) is 11.6 Å². The highest BCUT2D eigenvalue weighted by atomic mass is 19.1. The molecule has 0 fully saturated rings. The molecule has 0 bridgehead atoms. The summed E-state index contributed by atoms with van der Waals surface area (Å²) in [7, 11) is 0. The fourth-order valence-electron chi connectivity index (χ4n) is 5.90. The van der Waals surface area contributed by atoms with Gasteiger partial charge in [0.15, 0.2) is 11.6 Å². The number of nitrogens with zero attached hydrogens (tertiary/aromatic N) is 1. The number of hydrogen-bond donors (Lipinski definition) is 2. The first-order chi connectivity index (χ1) is 24.1. The van der Waals surface area contributed by atoms with E-state index in [4.69, 9.17) is 19.6 Å². The molecule has 5 aromatic rings. The molecule has 0 radical (unpaired) electrons. The topological polar surface area (TPSA) is 80.2 Å². The lowest BCUT2D eigenvalue weighted by Gasteiger charge is -2.30. The van der Waals surface area contributed by atoms with Crippen LogP contribution in [0.5, 0.6) is 5.75 Å². The Morgan fingerprint density at radius 3 is 2.20 bits per heavy atom. The predicted octanol–water partition coefficient (Wildman–Crippen LogP) is 7.97. The van der Waals surface area contributed by atoms with Crippen LogP contribution in [0.1, 0.15) is 41.2 Å². The number of aliphatic hydroxyl groups excluding tert-OH is 1. The zero-order valence-corrected chi connectivity index (χ0v) is 27.2. The Balaban J connectivity index is 1.36. The molecule has 2 N–H and O–H groups in total. The molecule has 49 heavy (non-hydrogen) atoms. The molecule has 0 spiro atoms. The first kappa shape index (κ1) is 33.4. The van der Waals surface area contributed by atoms with E-state index in [9.17, 15) is 9.18 Å². The van der Waals surface area contributed by atoms with Crippen molar-refractivity contribution in [3.63, 3.8) is 0 Å². The summed E-state index contributed by atoms with van der Waals surface area (Å²) in [6.45, 7) is 0.687. The van der Waals surface area contributed by atoms with Crippen molar-refractivity contribution in [2.45, 2.75) is 30.9 Å². The molecule has 1 aliphatic heterocycles. The van der Waals surface area contributed by atoms with Crippen molar-refractivity contribution in [3.8, 4) is 16.9 Å². The molecule has 0 saturated carbocycles. The van der Waals surface area contributed by atoms with E-state index in [1.54, 1.807) is 18.2 Å². The number of hydrogen-bond acceptors (Lipinski definition) is 5. The molecular weight excluding hydrogens is 615 g/mol. The number of carbonyl (C=O) groups is 1. The summed E-state index contributed by atoms with van der Waals surface area (Å²) >= 11 is 0. The van der Waals surface area contributed by atoms with Crippen LogP contribution in [0.3, 0.4) is 0 Å². The molecule has 1 heterocycles. The molecule has 0 saturated heterocycles. The van der Waals surface area contributed by atoms with Crippen LogP contribution in [0.25, 0.3) is 17.2 Å². The maximum atomic E-state index is 14.5. The van der Waals surface area contributed by atoms with Gasteiger partial charge in [-0.25, -0.2) is 9.38 Å². The van der Waals surface area contributed by atoms with Gasteiger partial charge in [0.2, 0.25) is 5.90 Å². The molecule has 0 unspecified atom stereocenters. The van der Waals surface area contributed by atoms with Crippen molar-refractivity contribution in [1.82, 2.24) is 5.32 Å². The summed E-state index contributed by atoms with van der Waals surface area (Å²) in [5.74, 6) is 0.391. The van der Waals surface area contributed by atoms with Crippen molar-refractivity contribution >= 4 is 17.9 Å². The normalized spacial score (nSPS) is 17.0. The van der Waals surface area contributed by atoms with Gasteiger partial charge in [-0.05, 0) is 64.6 Å². The lowest BCUT2D eigenvalue weighted by molar-refractivity contribution is -0.128. The third kappa shape index (κ3) is 8.13. The van der Waals surface area contributed by atoms with Gasteiger partial charge < -0.3 is 19.9 Å². The monoisotopic (exact) mass is 654 g/mol. The van der Waals surface area contributed by atoms with Gasteiger partial charge in [0.05, 0.1) is 6.61 Å². The van der Waals surface area contributed by atoms with Gasteiger partial charge in [0, 0.05) is 31.6 Å². The van der Waals surface area contributed by atoms with Gasteiger partial charge >= 0.3 is 0 Å². The molecule has 5 aromatic carbocycles. The second-order valence-corrected chi connectivity index (χ2v) is 11.9. The van der Waals surface area contributed by atoms with Crippen LogP contribution in [0.15, 0.2) is 145 Å². The minimum atomic E-state index is -1.36.